The predicted molar refractivity (Wildman–Crippen MR) is 71.3 cm³/mol. The molecule has 0 aromatic heterocycles. The van der Waals surface area contributed by atoms with Crippen molar-refractivity contribution in [1.82, 2.24) is 0 Å². The third-order valence-corrected chi connectivity index (χ3v) is 3.88. The van der Waals surface area contributed by atoms with Crippen molar-refractivity contribution in [2.24, 2.45) is 5.92 Å². The Morgan fingerprint density at radius 2 is 1.76 bits per heavy atom. The van der Waals surface area contributed by atoms with Gasteiger partial charge in [0, 0.05) is 12.0 Å². The van der Waals surface area contributed by atoms with Crippen LogP contribution >= 0.6 is 0 Å². The third kappa shape index (κ3) is 3.69. The van der Waals surface area contributed by atoms with Gasteiger partial charge in [0.05, 0.1) is 0 Å². The zero-order valence-corrected chi connectivity index (χ0v) is 10.7. The monoisotopic (exact) mass is 230 g/mol. The Bertz CT molecular complexity index is 358. The summed E-state index contributed by atoms with van der Waals surface area (Å²) in [7, 11) is 0. The van der Waals surface area contributed by atoms with Crippen LogP contribution in [0, 0.1) is 12.8 Å². The molecule has 0 unspecified atom stereocenters. The normalized spacial score (nSPS) is 17.0. The predicted octanol–water partition coefficient (Wildman–Crippen LogP) is 4.54. The number of Topliss-reactive ketones (excluding diaryl/α,β-unsaturated/α-hetero) is 1. The molecule has 1 aliphatic carbocycles. The lowest BCUT2D eigenvalue weighted by atomic mass is 9.85. The van der Waals surface area contributed by atoms with Crippen LogP contribution in [0.1, 0.15) is 60.9 Å². The van der Waals surface area contributed by atoms with E-state index >= 15 is 0 Å². The lowest BCUT2D eigenvalue weighted by Crippen LogP contribution is -2.09. The van der Waals surface area contributed by atoms with Crippen LogP contribution < -0.4 is 0 Å². The molecule has 0 radical (unpaired) electrons. The number of rotatable bonds is 4. The van der Waals surface area contributed by atoms with E-state index in [1.54, 1.807) is 0 Å². The first-order chi connectivity index (χ1) is 8.25. The van der Waals surface area contributed by atoms with E-state index in [1.807, 2.05) is 24.3 Å². The van der Waals surface area contributed by atoms with E-state index in [0.29, 0.717) is 5.78 Å². The first-order valence-corrected chi connectivity index (χ1v) is 6.85. The molecule has 0 spiro atoms. The highest BCUT2D eigenvalue weighted by molar-refractivity contribution is 5.96. The van der Waals surface area contributed by atoms with E-state index in [9.17, 15) is 4.79 Å². The second-order valence-electron chi connectivity index (χ2n) is 5.33. The Morgan fingerprint density at radius 1 is 1.12 bits per heavy atom. The van der Waals surface area contributed by atoms with E-state index in [0.717, 1.165) is 24.3 Å². The van der Waals surface area contributed by atoms with Crippen molar-refractivity contribution < 1.29 is 4.79 Å². The Labute approximate surface area is 104 Å². The molecule has 1 aliphatic rings. The van der Waals surface area contributed by atoms with Crippen LogP contribution in [-0.2, 0) is 0 Å². The van der Waals surface area contributed by atoms with Gasteiger partial charge in [-0.1, -0.05) is 61.9 Å². The Balaban J connectivity index is 1.82. The average Bonchev–Trinajstić information content (AvgIpc) is 2.38. The van der Waals surface area contributed by atoms with Gasteiger partial charge in [-0.15, -0.1) is 0 Å². The first kappa shape index (κ1) is 12.3. The Hall–Kier alpha value is -1.11. The standard InChI is InChI=1S/C16H22O/c1-13-7-10-15(11-8-13)16(17)12-9-14-5-3-2-4-6-14/h7-8,10-11,14H,2-6,9,12H2,1H3. The van der Waals surface area contributed by atoms with E-state index < -0.39 is 0 Å². The molecule has 1 aromatic rings. The lowest BCUT2D eigenvalue weighted by Gasteiger charge is -2.20. The summed E-state index contributed by atoms with van der Waals surface area (Å²) in [5, 5.41) is 0. The highest BCUT2D eigenvalue weighted by Crippen LogP contribution is 2.27. The maximum absolute atomic E-state index is 12.0. The lowest BCUT2D eigenvalue weighted by molar-refractivity contribution is 0.0970. The van der Waals surface area contributed by atoms with E-state index in [2.05, 4.69) is 6.92 Å². The van der Waals surface area contributed by atoms with Gasteiger partial charge in [0.15, 0.2) is 5.78 Å². The van der Waals surface area contributed by atoms with Crippen LogP contribution in [-0.4, -0.2) is 5.78 Å². The van der Waals surface area contributed by atoms with Crippen LogP contribution in [0.5, 0.6) is 0 Å². The van der Waals surface area contributed by atoms with Gasteiger partial charge in [0.1, 0.15) is 0 Å². The molecule has 1 nitrogen and oxygen atoms in total. The molecule has 17 heavy (non-hydrogen) atoms. The molecule has 0 N–H and O–H groups in total. The molecular formula is C16H22O. The van der Waals surface area contributed by atoms with Crippen LogP contribution in [0.2, 0.25) is 0 Å². The van der Waals surface area contributed by atoms with Gasteiger partial charge in [-0.2, -0.15) is 0 Å². The molecule has 1 heteroatoms. The van der Waals surface area contributed by atoms with Crippen molar-refractivity contribution in [3.63, 3.8) is 0 Å². The van der Waals surface area contributed by atoms with Crippen molar-refractivity contribution in [2.45, 2.75) is 51.9 Å². The summed E-state index contributed by atoms with van der Waals surface area (Å²) in [5.74, 6) is 1.12. The van der Waals surface area contributed by atoms with Gasteiger partial charge >= 0.3 is 0 Å². The quantitative estimate of drug-likeness (QED) is 0.694. The summed E-state index contributed by atoms with van der Waals surface area (Å²) in [5.41, 5.74) is 2.10. The maximum Gasteiger partial charge on any atom is 0.162 e. The number of carbonyl (C=O) groups is 1. The van der Waals surface area contributed by atoms with E-state index in [1.165, 1.54) is 37.7 Å². The van der Waals surface area contributed by atoms with Crippen molar-refractivity contribution in [3.05, 3.63) is 35.4 Å². The van der Waals surface area contributed by atoms with Crippen LogP contribution in [0.3, 0.4) is 0 Å². The Morgan fingerprint density at radius 3 is 2.41 bits per heavy atom. The van der Waals surface area contributed by atoms with Crippen LogP contribution in [0.15, 0.2) is 24.3 Å². The molecule has 2 rings (SSSR count). The fourth-order valence-corrected chi connectivity index (χ4v) is 2.69. The summed E-state index contributed by atoms with van der Waals surface area (Å²) >= 11 is 0. The first-order valence-electron chi connectivity index (χ1n) is 6.85. The van der Waals surface area contributed by atoms with Crippen molar-refractivity contribution in [2.75, 3.05) is 0 Å². The van der Waals surface area contributed by atoms with Gasteiger partial charge in [0.2, 0.25) is 0 Å². The summed E-state index contributed by atoms with van der Waals surface area (Å²) < 4.78 is 0. The average molecular weight is 230 g/mol. The minimum atomic E-state index is 0.315. The number of hydrogen-bond donors (Lipinski definition) is 0. The summed E-state index contributed by atoms with van der Waals surface area (Å²) in [4.78, 5) is 12.0. The highest BCUT2D eigenvalue weighted by Gasteiger charge is 2.15. The Kier molecular flexibility index (Phi) is 4.36. The number of ketones is 1. The molecule has 1 aromatic carbocycles. The summed E-state index contributed by atoms with van der Waals surface area (Å²) in [6.07, 6.45) is 8.61. The molecule has 0 atom stereocenters. The van der Waals surface area contributed by atoms with Crippen molar-refractivity contribution >= 4 is 5.78 Å². The summed E-state index contributed by atoms with van der Waals surface area (Å²) in [6, 6.07) is 7.96. The molecular weight excluding hydrogens is 208 g/mol. The summed E-state index contributed by atoms with van der Waals surface area (Å²) in [6.45, 7) is 2.05. The zero-order valence-electron chi connectivity index (χ0n) is 10.7. The minimum absolute atomic E-state index is 0.315. The molecule has 0 heterocycles. The molecule has 92 valence electrons. The fraction of sp³-hybridized carbons (Fsp3) is 0.562. The molecule has 0 amide bonds. The zero-order chi connectivity index (χ0) is 12.1. The number of carbonyl (C=O) groups excluding carboxylic acids is 1. The SMILES string of the molecule is Cc1ccc(C(=O)CCC2CCCCC2)cc1. The van der Waals surface area contributed by atoms with Gasteiger partial charge in [0.25, 0.3) is 0 Å². The largest absolute Gasteiger partial charge is 0.294 e. The van der Waals surface area contributed by atoms with E-state index in [-0.39, 0.29) is 0 Å². The fourth-order valence-electron chi connectivity index (χ4n) is 2.69. The molecule has 0 bridgehead atoms. The molecule has 1 fully saturated rings. The van der Waals surface area contributed by atoms with Gasteiger partial charge in [-0.3, -0.25) is 4.79 Å². The number of aryl methyl sites for hydroxylation is 1. The highest BCUT2D eigenvalue weighted by atomic mass is 16.1. The molecule has 0 saturated heterocycles. The van der Waals surface area contributed by atoms with Crippen molar-refractivity contribution in [3.8, 4) is 0 Å². The second kappa shape index (κ2) is 6.00. The van der Waals surface area contributed by atoms with Crippen molar-refractivity contribution in [1.29, 1.82) is 0 Å². The van der Waals surface area contributed by atoms with Crippen LogP contribution in [0.4, 0.5) is 0 Å². The minimum Gasteiger partial charge on any atom is -0.294 e. The smallest absolute Gasteiger partial charge is 0.162 e. The third-order valence-electron chi connectivity index (χ3n) is 3.88. The maximum atomic E-state index is 12.0. The van der Waals surface area contributed by atoms with Crippen LogP contribution in [0.25, 0.3) is 0 Å². The topological polar surface area (TPSA) is 17.1 Å². The number of hydrogen-bond acceptors (Lipinski definition) is 1. The second-order valence-corrected chi connectivity index (χ2v) is 5.33. The van der Waals surface area contributed by atoms with Gasteiger partial charge in [-0.25, -0.2) is 0 Å². The molecule has 1 saturated carbocycles. The van der Waals surface area contributed by atoms with Gasteiger partial charge in [-0.05, 0) is 19.3 Å². The number of benzene rings is 1. The van der Waals surface area contributed by atoms with Gasteiger partial charge < -0.3 is 0 Å². The molecule has 0 aliphatic heterocycles. The van der Waals surface area contributed by atoms with E-state index in [4.69, 9.17) is 0 Å².